The Labute approximate surface area is 102 Å². The Morgan fingerprint density at radius 3 is 2.65 bits per heavy atom. The molecule has 0 aromatic carbocycles. The second kappa shape index (κ2) is 5.87. The van der Waals surface area contributed by atoms with Gasteiger partial charge in [-0.2, -0.15) is 0 Å². The Bertz CT molecular complexity index is 372. The molecule has 0 bridgehead atoms. The summed E-state index contributed by atoms with van der Waals surface area (Å²) in [4.78, 5) is 11.9. The van der Waals surface area contributed by atoms with E-state index in [9.17, 15) is 4.79 Å². The van der Waals surface area contributed by atoms with Crippen molar-refractivity contribution in [2.45, 2.75) is 45.6 Å². The second-order valence-corrected chi connectivity index (χ2v) is 4.46. The maximum atomic E-state index is 11.9. The first-order valence-electron chi connectivity index (χ1n) is 6.06. The van der Waals surface area contributed by atoms with Gasteiger partial charge in [-0.25, -0.2) is 0 Å². The Morgan fingerprint density at radius 2 is 2.18 bits per heavy atom. The zero-order valence-electron chi connectivity index (χ0n) is 10.7. The Morgan fingerprint density at radius 1 is 1.47 bits per heavy atom. The highest BCUT2D eigenvalue weighted by Crippen LogP contribution is 2.16. The van der Waals surface area contributed by atoms with Crippen molar-refractivity contribution in [1.29, 1.82) is 0 Å². The molecule has 0 aliphatic carbocycles. The molecule has 96 valence electrons. The third kappa shape index (κ3) is 3.60. The van der Waals surface area contributed by atoms with Crippen molar-refractivity contribution in [3.8, 4) is 0 Å². The highest BCUT2D eigenvalue weighted by molar-refractivity contribution is 5.92. The predicted molar refractivity (Wildman–Crippen MR) is 66.0 cm³/mol. The number of aliphatic hydroxyl groups is 1. The number of amides is 1. The van der Waals surface area contributed by atoms with Crippen LogP contribution in [-0.2, 0) is 6.42 Å². The molecule has 0 saturated carbocycles. The summed E-state index contributed by atoms with van der Waals surface area (Å²) < 4.78 is 5.39. The van der Waals surface area contributed by atoms with Crippen LogP contribution in [0.4, 0.5) is 0 Å². The lowest BCUT2D eigenvalue weighted by molar-refractivity contribution is 0.0856. The lowest BCUT2D eigenvalue weighted by Crippen LogP contribution is -2.46. The monoisotopic (exact) mass is 239 g/mol. The molecule has 0 fully saturated rings. The number of aryl methyl sites for hydroxylation is 1. The van der Waals surface area contributed by atoms with Gasteiger partial charge < -0.3 is 14.8 Å². The molecule has 1 rings (SSSR count). The highest BCUT2D eigenvalue weighted by atomic mass is 16.3. The number of hydrogen-bond acceptors (Lipinski definition) is 3. The van der Waals surface area contributed by atoms with Gasteiger partial charge in [0.25, 0.3) is 5.91 Å². The standard InChI is InChI=1S/C13H21NO3/c1-4-10-6-7-11(17-10)12(16)14-13(3,5-2)8-9-15/h6-7,15H,4-5,8-9H2,1-3H3,(H,14,16). The molecule has 0 radical (unpaired) electrons. The van der Waals surface area contributed by atoms with Crippen LogP contribution in [0.2, 0.25) is 0 Å². The summed E-state index contributed by atoms with van der Waals surface area (Å²) in [5.74, 6) is 0.914. The van der Waals surface area contributed by atoms with Gasteiger partial charge in [-0.1, -0.05) is 13.8 Å². The van der Waals surface area contributed by atoms with Crippen LogP contribution < -0.4 is 5.32 Å². The Kier molecular flexibility index (Phi) is 4.75. The Balaban J connectivity index is 2.70. The molecule has 1 aromatic heterocycles. The van der Waals surface area contributed by atoms with Crippen LogP contribution in [0.1, 0.15) is 49.9 Å². The summed E-state index contributed by atoms with van der Waals surface area (Å²) in [5, 5.41) is 11.9. The van der Waals surface area contributed by atoms with Crippen molar-refractivity contribution in [2.24, 2.45) is 0 Å². The molecular weight excluding hydrogens is 218 g/mol. The van der Waals surface area contributed by atoms with Gasteiger partial charge in [0.1, 0.15) is 5.76 Å². The highest BCUT2D eigenvalue weighted by Gasteiger charge is 2.25. The Hall–Kier alpha value is -1.29. The first-order valence-corrected chi connectivity index (χ1v) is 6.06. The molecule has 0 aliphatic heterocycles. The van der Waals surface area contributed by atoms with E-state index >= 15 is 0 Å². The third-order valence-corrected chi connectivity index (χ3v) is 3.09. The average Bonchev–Trinajstić information content (AvgIpc) is 2.78. The minimum atomic E-state index is -0.384. The zero-order chi connectivity index (χ0) is 12.9. The van der Waals surface area contributed by atoms with Crippen LogP contribution in [0.25, 0.3) is 0 Å². The number of carbonyl (C=O) groups is 1. The number of hydrogen-bond donors (Lipinski definition) is 2. The summed E-state index contributed by atoms with van der Waals surface area (Å²) in [7, 11) is 0. The minimum Gasteiger partial charge on any atom is -0.456 e. The van der Waals surface area contributed by atoms with Gasteiger partial charge >= 0.3 is 0 Å². The van der Waals surface area contributed by atoms with E-state index in [1.807, 2.05) is 26.8 Å². The van der Waals surface area contributed by atoms with Crippen molar-refractivity contribution in [1.82, 2.24) is 5.32 Å². The zero-order valence-corrected chi connectivity index (χ0v) is 10.7. The summed E-state index contributed by atoms with van der Waals surface area (Å²) in [6.07, 6.45) is 2.08. The normalized spacial score (nSPS) is 14.4. The lowest BCUT2D eigenvalue weighted by Gasteiger charge is -2.28. The molecule has 2 N–H and O–H groups in total. The van der Waals surface area contributed by atoms with E-state index in [0.717, 1.165) is 18.6 Å². The summed E-state index contributed by atoms with van der Waals surface area (Å²) in [6.45, 7) is 5.94. The van der Waals surface area contributed by atoms with Crippen LogP contribution in [0, 0.1) is 0 Å². The van der Waals surface area contributed by atoms with Crippen molar-refractivity contribution >= 4 is 5.91 Å². The molecule has 1 heterocycles. The second-order valence-electron chi connectivity index (χ2n) is 4.46. The van der Waals surface area contributed by atoms with Gasteiger partial charge in [-0.3, -0.25) is 4.79 Å². The molecule has 1 atom stereocenters. The maximum absolute atomic E-state index is 11.9. The largest absolute Gasteiger partial charge is 0.456 e. The molecular formula is C13H21NO3. The number of carbonyl (C=O) groups excluding carboxylic acids is 1. The van der Waals surface area contributed by atoms with E-state index < -0.39 is 0 Å². The molecule has 1 unspecified atom stereocenters. The number of nitrogens with one attached hydrogen (secondary N) is 1. The summed E-state index contributed by atoms with van der Waals surface area (Å²) in [6, 6.07) is 3.49. The first kappa shape index (κ1) is 13.8. The van der Waals surface area contributed by atoms with Crippen LogP contribution >= 0.6 is 0 Å². The van der Waals surface area contributed by atoms with Crippen molar-refractivity contribution < 1.29 is 14.3 Å². The fourth-order valence-electron chi connectivity index (χ4n) is 1.60. The lowest BCUT2D eigenvalue weighted by atomic mass is 9.95. The van der Waals surface area contributed by atoms with E-state index in [2.05, 4.69) is 5.32 Å². The van der Waals surface area contributed by atoms with Crippen LogP contribution in [-0.4, -0.2) is 23.2 Å². The molecule has 0 aliphatic rings. The molecule has 1 amide bonds. The van der Waals surface area contributed by atoms with Crippen molar-refractivity contribution in [3.63, 3.8) is 0 Å². The quantitative estimate of drug-likeness (QED) is 0.799. The van der Waals surface area contributed by atoms with Gasteiger partial charge in [0, 0.05) is 18.6 Å². The predicted octanol–water partition coefficient (Wildman–Crippen LogP) is 2.12. The fourth-order valence-corrected chi connectivity index (χ4v) is 1.60. The number of aliphatic hydroxyl groups excluding tert-OH is 1. The van der Waals surface area contributed by atoms with E-state index in [1.165, 1.54) is 0 Å². The molecule has 1 aromatic rings. The number of furan rings is 1. The van der Waals surface area contributed by atoms with Gasteiger partial charge in [0.15, 0.2) is 5.76 Å². The van der Waals surface area contributed by atoms with Crippen molar-refractivity contribution in [2.75, 3.05) is 6.61 Å². The third-order valence-electron chi connectivity index (χ3n) is 3.09. The van der Waals surface area contributed by atoms with Crippen molar-refractivity contribution in [3.05, 3.63) is 23.7 Å². The van der Waals surface area contributed by atoms with E-state index in [1.54, 1.807) is 6.07 Å². The topological polar surface area (TPSA) is 62.5 Å². The van der Waals surface area contributed by atoms with Gasteiger partial charge in [-0.05, 0) is 31.9 Å². The summed E-state index contributed by atoms with van der Waals surface area (Å²) in [5.41, 5.74) is -0.384. The molecule has 0 spiro atoms. The first-order chi connectivity index (χ1) is 8.04. The molecule has 17 heavy (non-hydrogen) atoms. The van der Waals surface area contributed by atoms with E-state index in [4.69, 9.17) is 9.52 Å². The average molecular weight is 239 g/mol. The van der Waals surface area contributed by atoms with Gasteiger partial charge in [0.05, 0.1) is 0 Å². The van der Waals surface area contributed by atoms with Gasteiger partial charge in [0.2, 0.25) is 0 Å². The minimum absolute atomic E-state index is 0.0585. The van der Waals surface area contributed by atoms with Crippen LogP contribution in [0.3, 0.4) is 0 Å². The molecule has 4 nitrogen and oxygen atoms in total. The van der Waals surface area contributed by atoms with Crippen LogP contribution in [0.15, 0.2) is 16.5 Å². The van der Waals surface area contributed by atoms with Gasteiger partial charge in [-0.15, -0.1) is 0 Å². The summed E-state index contributed by atoms with van der Waals surface area (Å²) >= 11 is 0. The molecule has 4 heteroatoms. The van der Waals surface area contributed by atoms with E-state index in [0.29, 0.717) is 12.2 Å². The SMILES string of the molecule is CCc1ccc(C(=O)NC(C)(CC)CCO)o1. The maximum Gasteiger partial charge on any atom is 0.287 e. The molecule has 0 saturated heterocycles. The fraction of sp³-hybridized carbons (Fsp3) is 0.615. The van der Waals surface area contributed by atoms with Crippen LogP contribution in [0.5, 0.6) is 0 Å². The number of rotatable bonds is 6. The van der Waals surface area contributed by atoms with E-state index in [-0.39, 0.29) is 18.1 Å². The smallest absolute Gasteiger partial charge is 0.287 e.